The van der Waals surface area contributed by atoms with Gasteiger partial charge in [0.25, 0.3) is 0 Å². The van der Waals surface area contributed by atoms with Crippen LogP contribution in [0.5, 0.6) is 0 Å². The fourth-order valence-electron chi connectivity index (χ4n) is 4.80. The SMILES string of the molecule is CS(=O)(=O)N1CCCc2ccc(NC(=O)C(=O)NCC3CCN(C4CCSC4)CC3)cc21. The normalized spacial score (nSPS) is 22.4. The Labute approximate surface area is 194 Å². The van der Waals surface area contributed by atoms with Crippen molar-refractivity contribution in [3.63, 3.8) is 0 Å². The lowest BCUT2D eigenvalue weighted by Gasteiger charge is -2.35. The van der Waals surface area contributed by atoms with Gasteiger partial charge >= 0.3 is 11.8 Å². The molecule has 2 amide bonds. The molecule has 0 aliphatic carbocycles. The molecule has 0 spiro atoms. The van der Waals surface area contributed by atoms with E-state index in [1.165, 1.54) is 28.5 Å². The van der Waals surface area contributed by atoms with Gasteiger partial charge in [-0.25, -0.2) is 8.42 Å². The summed E-state index contributed by atoms with van der Waals surface area (Å²) in [6.45, 7) is 3.04. The molecule has 176 valence electrons. The summed E-state index contributed by atoms with van der Waals surface area (Å²) in [5.74, 6) is 1.49. The molecule has 3 aliphatic heterocycles. The third kappa shape index (κ3) is 5.58. The molecule has 2 fully saturated rings. The van der Waals surface area contributed by atoms with Crippen LogP contribution in [0.2, 0.25) is 0 Å². The number of anilines is 2. The standard InChI is InChI=1S/C22H32N4O4S2/c1-32(29,30)26-9-2-3-17-4-5-18(13-20(17)26)24-22(28)21(27)23-14-16-6-10-25(11-7-16)19-8-12-31-15-19/h4-5,13,16,19H,2-3,6-12,14-15H2,1H3,(H,23,27)(H,24,28). The first-order valence-electron chi connectivity index (χ1n) is 11.3. The first-order valence-corrected chi connectivity index (χ1v) is 14.3. The Bertz CT molecular complexity index is 955. The number of nitrogens with zero attached hydrogens (tertiary/aromatic N) is 2. The van der Waals surface area contributed by atoms with E-state index in [4.69, 9.17) is 0 Å². The highest BCUT2D eigenvalue weighted by atomic mass is 32.2. The van der Waals surface area contributed by atoms with Crippen LogP contribution in [0.1, 0.15) is 31.2 Å². The fourth-order valence-corrected chi connectivity index (χ4v) is 7.04. The van der Waals surface area contributed by atoms with Gasteiger partial charge in [-0.2, -0.15) is 11.8 Å². The highest BCUT2D eigenvalue weighted by molar-refractivity contribution is 7.99. The van der Waals surface area contributed by atoms with Crippen LogP contribution in [-0.2, 0) is 26.0 Å². The van der Waals surface area contributed by atoms with E-state index < -0.39 is 21.8 Å². The largest absolute Gasteiger partial charge is 0.348 e. The van der Waals surface area contributed by atoms with Crippen LogP contribution in [0.25, 0.3) is 0 Å². The van der Waals surface area contributed by atoms with E-state index in [1.807, 2.05) is 17.8 Å². The Kier molecular flexibility index (Phi) is 7.31. The topological polar surface area (TPSA) is 98.8 Å². The minimum Gasteiger partial charge on any atom is -0.348 e. The first kappa shape index (κ1) is 23.4. The second-order valence-electron chi connectivity index (χ2n) is 8.94. The van der Waals surface area contributed by atoms with Gasteiger partial charge in [-0.3, -0.25) is 18.8 Å². The second-order valence-corrected chi connectivity index (χ2v) is 12.0. The van der Waals surface area contributed by atoms with Crippen LogP contribution in [0.15, 0.2) is 18.2 Å². The molecule has 1 aromatic carbocycles. The van der Waals surface area contributed by atoms with Gasteiger partial charge in [0.05, 0.1) is 11.9 Å². The molecule has 3 aliphatic rings. The Balaban J connectivity index is 1.27. The van der Waals surface area contributed by atoms with Crippen molar-refractivity contribution < 1.29 is 18.0 Å². The predicted molar refractivity (Wildman–Crippen MR) is 129 cm³/mol. The molecule has 0 saturated carbocycles. The maximum atomic E-state index is 12.4. The fraction of sp³-hybridized carbons (Fsp3) is 0.636. The van der Waals surface area contributed by atoms with Crippen LogP contribution in [0.4, 0.5) is 11.4 Å². The van der Waals surface area contributed by atoms with Gasteiger partial charge in [0.15, 0.2) is 0 Å². The Morgan fingerprint density at radius 3 is 2.59 bits per heavy atom. The molecule has 1 atom stereocenters. The molecule has 32 heavy (non-hydrogen) atoms. The van der Waals surface area contributed by atoms with Crippen molar-refractivity contribution in [1.29, 1.82) is 0 Å². The third-order valence-corrected chi connectivity index (χ3v) is 8.97. The number of thioether (sulfide) groups is 1. The summed E-state index contributed by atoms with van der Waals surface area (Å²) >= 11 is 2.03. The van der Waals surface area contributed by atoms with Gasteiger partial charge in [0.2, 0.25) is 10.0 Å². The van der Waals surface area contributed by atoms with E-state index in [0.29, 0.717) is 36.4 Å². The zero-order valence-corrected chi connectivity index (χ0v) is 20.1. The van der Waals surface area contributed by atoms with Crippen LogP contribution >= 0.6 is 11.8 Å². The molecule has 10 heteroatoms. The Morgan fingerprint density at radius 1 is 1.12 bits per heavy atom. The number of hydrogen-bond donors (Lipinski definition) is 2. The van der Waals surface area contributed by atoms with Crippen molar-refractivity contribution in [3.8, 4) is 0 Å². The Hall–Kier alpha value is -1.78. The summed E-state index contributed by atoms with van der Waals surface area (Å²) in [5, 5.41) is 5.38. The minimum absolute atomic E-state index is 0.393. The molecule has 8 nitrogen and oxygen atoms in total. The van der Waals surface area contributed by atoms with Crippen LogP contribution in [-0.4, -0.2) is 75.1 Å². The summed E-state index contributed by atoms with van der Waals surface area (Å²) in [6.07, 6.45) is 6.07. The molecule has 0 aromatic heterocycles. The molecule has 0 bridgehead atoms. The van der Waals surface area contributed by atoms with Crippen molar-refractivity contribution in [1.82, 2.24) is 10.2 Å². The molecule has 2 N–H and O–H groups in total. The number of nitrogens with one attached hydrogen (secondary N) is 2. The summed E-state index contributed by atoms with van der Waals surface area (Å²) < 4.78 is 25.5. The summed E-state index contributed by atoms with van der Waals surface area (Å²) in [4.78, 5) is 27.3. The monoisotopic (exact) mass is 480 g/mol. The molecular weight excluding hydrogens is 448 g/mol. The van der Waals surface area contributed by atoms with Crippen LogP contribution in [0, 0.1) is 5.92 Å². The number of likely N-dealkylation sites (tertiary alicyclic amines) is 1. The average Bonchev–Trinajstić information content (AvgIpc) is 3.31. The molecule has 0 radical (unpaired) electrons. The van der Waals surface area contributed by atoms with Crippen molar-refractivity contribution in [3.05, 3.63) is 23.8 Å². The number of piperidine rings is 1. The Morgan fingerprint density at radius 2 is 1.91 bits per heavy atom. The van der Waals surface area contributed by atoms with E-state index in [0.717, 1.165) is 44.3 Å². The number of hydrogen-bond acceptors (Lipinski definition) is 6. The van der Waals surface area contributed by atoms with E-state index in [9.17, 15) is 18.0 Å². The summed E-state index contributed by atoms with van der Waals surface area (Å²) in [7, 11) is -3.39. The first-order chi connectivity index (χ1) is 15.3. The lowest BCUT2D eigenvalue weighted by atomic mass is 9.95. The summed E-state index contributed by atoms with van der Waals surface area (Å²) in [5.41, 5.74) is 1.92. The molecule has 4 rings (SSSR count). The quantitative estimate of drug-likeness (QED) is 0.622. The lowest BCUT2D eigenvalue weighted by molar-refractivity contribution is -0.136. The van der Waals surface area contributed by atoms with Crippen LogP contribution in [0.3, 0.4) is 0 Å². The van der Waals surface area contributed by atoms with Gasteiger partial charge in [-0.15, -0.1) is 0 Å². The van der Waals surface area contributed by atoms with Crippen LogP contribution < -0.4 is 14.9 Å². The number of fused-ring (bicyclic) bond motifs is 1. The van der Waals surface area contributed by atoms with Gasteiger partial charge < -0.3 is 10.6 Å². The number of carbonyl (C=O) groups excluding carboxylic acids is 2. The summed E-state index contributed by atoms with van der Waals surface area (Å²) in [6, 6.07) is 5.87. The number of amides is 2. The second kappa shape index (κ2) is 10.0. The molecule has 3 heterocycles. The molecule has 2 saturated heterocycles. The highest BCUT2D eigenvalue weighted by Gasteiger charge is 2.28. The van der Waals surface area contributed by atoms with Crippen molar-refractivity contribution in [2.24, 2.45) is 5.92 Å². The predicted octanol–water partition coefficient (Wildman–Crippen LogP) is 1.67. The maximum Gasteiger partial charge on any atom is 0.313 e. The number of aryl methyl sites for hydroxylation is 1. The van der Waals surface area contributed by atoms with Gasteiger partial charge in [-0.05, 0) is 74.6 Å². The van der Waals surface area contributed by atoms with Gasteiger partial charge in [0, 0.05) is 30.6 Å². The highest BCUT2D eigenvalue weighted by Crippen LogP contribution is 2.31. The van der Waals surface area contributed by atoms with Crippen molar-refractivity contribution in [2.75, 3.05) is 53.6 Å². The van der Waals surface area contributed by atoms with E-state index in [2.05, 4.69) is 15.5 Å². The minimum atomic E-state index is -3.39. The molecular formula is C22H32N4O4S2. The number of benzene rings is 1. The van der Waals surface area contributed by atoms with Gasteiger partial charge in [0.1, 0.15) is 0 Å². The van der Waals surface area contributed by atoms with Gasteiger partial charge in [-0.1, -0.05) is 6.07 Å². The van der Waals surface area contributed by atoms with E-state index in [-0.39, 0.29) is 0 Å². The average molecular weight is 481 g/mol. The van der Waals surface area contributed by atoms with E-state index in [1.54, 1.807) is 12.1 Å². The zero-order valence-electron chi connectivity index (χ0n) is 18.5. The smallest absolute Gasteiger partial charge is 0.313 e. The maximum absolute atomic E-state index is 12.4. The number of rotatable bonds is 5. The molecule has 1 aromatic rings. The zero-order chi connectivity index (χ0) is 22.7. The third-order valence-electron chi connectivity index (χ3n) is 6.65. The number of sulfonamides is 1. The number of carbonyl (C=O) groups is 2. The van der Waals surface area contributed by atoms with E-state index >= 15 is 0 Å². The van der Waals surface area contributed by atoms with Crippen molar-refractivity contribution >= 4 is 45.0 Å². The lowest BCUT2D eigenvalue weighted by Crippen LogP contribution is -2.45. The van der Waals surface area contributed by atoms with Crippen molar-refractivity contribution in [2.45, 2.75) is 38.1 Å². The molecule has 1 unspecified atom stereocenters.